The van der Waals surface area contributed by atoms with E-state index in [0.717, 1.165) is 31.2 Å². The lowest BCUT2D eigenvalue weighted by Gasteiger charge is -2.12. The normalized spacial score (nSPS) is 15.7. The molecule has 0 atom stereocenters. The Morgan fingerprint density at radius 1 is 0.923 bits per heavy atom. The highest BCUT2D eigenvalue weighted by molar-refractivity contribution is 5.57. The van der Waals surface area contributed by atoms with Crippen molar-refractivity contribution in [2.24, 2.45) is 0 Å². The van der Waals surface area contributed by atoms with E-state index in [-0.39, 0.29) is 17.5 Å². The monoisotopic (exact) mass is 352 g/mol. The first-order valence-electron chi connectivity index (χ1n) is 9.12. The second kappa shape index (κ2) is 7.23. The van der Waals surface area contributed by atoms with Gasteiger partial charge in [-0.05, 0) is 49.2 Å². The molecule has 2 aromatic heterocycles. The Morgan fingerprint density at radius 3 is 2.23 bits per heavy atom. The number of halogens is 1. The summed E-state index contributed by atoms with van der Waals surface area (Å²) in [5.74, 6) is 0.233. The van der Waals surface area contributed by atoms with E-state index >= 15 is 0 Å². The number of nitrogens with zero attached hydrogens (tertiary/aromatic N) is 4. The maximum absolute atomic E-state index is 13.4. The van der Waals surface area contributed by atoms with Crippen LogP contribution in [0.2, 0.25) is 0 Å². The average Bonchev–Trinajstić information content (AvgIpc) is 2.85. The van der Waals surface area contributed by atoms with E-state index in [1.807, 2.05) is 12.1 Å². The molecule has 4 rings (SSSR count). The van der Waals surface area contributed by atoms with Gasteiger partial charge in [-0.15, -0.1) is 5.10 Å². The van der Waals surface area contributed by atoms with Gasteiger partial charge in [0.05, 0.1) is 11.7 Å². The zero-order valence-electron chi connectivity index (χ0n) is 14.5. The van der Waals surface area contributed by atoms with Crippen LogP contribution in [0.3, 0.4) is 0 Å². The quantitative estimate of drug-likeness (QED) is 0.666. The van der Waals surface area contributed by atoms with Crippen molar-refractivity contribution < 1.29 is 4.39 Å². The van der Waals surface area contributed by atoms with Gasteiger partial charge in [0.2, 0.25) is 0 Å². The van der Waals surface area contributed by atoms with Gasteiger partial charge in [-0.2, -0.15) is 0 Å². The van der Waals surface area contributed by atoms with Crippen molar-refractivity contribution in [2.75, 3.05) is 0 Å². The Hall–Kier alpha value is -2.76. The van der Waals surface area contributed by atoms with Gasteiger partial charge in [0.1, 0.15) is 5.82 Å². The van der Waals surface area contributed by atoms with Crippen LogP contribution < -0.4 is 5.69 Å². The van der Waals surface area contributed by atoms with Gasteiger partial charge >= 0.3 is 5.69 Å². The first-order valence-corrected chi connectivity index (χ1v) is 9.12. The minimum absolute atomic E-state index is 0.118. The van der Waals surface area contributed by atoms with E-state index in [1.54, 1.807) is 33.8 Å². The van der Waals surface area contributed by atoms with Gasteiger partial charge in [0.15, 0.2) is 5.82 Å². The largest absolute Gasteiger partial charge is 0.351 e. The van der Waals surface area contributed by atoms with E-state index in [2.05, 4.69) is 10.1 Å². The Bertz CT molecular complexity index is 923. The molecule has 1 aliphatic carbocycles. The van der Waals surface area contributed by atoms with Crippen molar-refractivity contribution in [3.63, 3.8) is 0 Å². The maximum atomic E-state index is 13.4. The maximum Gasteiger partial charge on any atom is 0.351 e. The summed E-state index contributed by atoms with van der Waals surface area (Å²) in [6, 6.07) is 9.73. The van der Waals surface area contributed by atoms with Crippen LogP contribution in [0.15, 0.2) is 53.6 Å². The van der Waals surface area contributed by atoms with Crippen molar-refractivity contribution in [2.45, 2.75) is 44.6 Å². The molecular formula is C20H21FN4O. The third-order valence-corrected chi connectivity index (χ3v) is 5.00. The summed E-state index contributed by atoms with van der Waals surface area (Å²) in [5, 5.41) is 4.69. The fourth-order valence-electron chi connectivity index (χ4n) is 3.63. The molecule has 0 saturated heterocycles. The number of aromatic nitrogens is 4. The van der Waals surface area contributed by atoms with Crippen LogP contribution in [0.25, 0.3) is 17.1 Å². The standard InChI is InChI=1S/C20H21FN4O/c21-16-7-9-17(10-8-16)24-19(15-11-13-22-14-12-15)23-25(20(24)26)18-5-3-1-2-4-6-18/h7-14,18H,1-6H2. The van der Waals surface area contributed by atoms with E-state index in [4.69, 9.17) is 0 Å². The molecule has 5 nitrogen and oxygen atoms in total. The minimum Gasteiger partial charge on any atom is -0.265 e. The van der Waals surface area contributed by atoms with E-state index in [0.29, 0.717) is 11.5 Å². The predicted octanol–water partition coefficient (Wildman–Crippen LogP) is 4.13. The first-order chi connectivity index (χ1) is 12.7. The molecule has 2 heterocycles. The number of pyridine rings is 1. The molecule has 1 saturated carbocycles. The van der Waals surface area contributed by atoms with Crippen LogP contribution in [-0.2, 0) is 0 Å². The topological polar surface area (TPSA) is 52.7 Å². The molecule has 1 aliphatic rings. The third kappa shape index (κ3) is 3.19. The van der Waals surface area contributed by atoms with Gasteiger partial charge in [-0.1, -0.05) is 25.7 Å². The van der Waals surface area contributed by atoms with Crippen LogP contribution in [0.1, 0.15) is 44.6 Å². The van der Waals surface area contributed by atoms with Crippen LogP contribution in [0, 0.1) is 5.82 Å². The zero-order valence-corrected chi connectivity index (χ0v) is 14.5. The average molecular weight is 352 g/mol. The molecule has 6 heteroatoms. The van der Waals surface area contributed by atoms with Gasteiger partial charge in [-0.25, -0.2) is 18.4 Å². The third-order valence-electron chi connectivity index (χ3n) is 5.00. The highest BCUT2D eigenvalue weighted by atomic mass is 19.1. The SMILES string of the molecule is O=c1n(C2CCCCCC2)nc(-c2ccncc2)n1-c1ccc(F)cc1. The molecule has 0 radical (unpaired) electrons. The zero-order chi connectivity index (χ0) is 17.9. The molecule has 134 valence electrons. The smallest absolute Gasteiger partial charge is 0.265 e. The molecule has 0 unspecified atom stereocenters. The summed E-state index contributed by atoms with van der Waals surface area (Å²) in [6.07, 6.45) is 9.95. The molecule has 26 heavy (non-hydrogen) atoms. The van der Waals surface area contributed by atoms with Crippen molar-refractivity contribution in [3.8, 4) is 17.1 Å². The Balaban J connectivity index is 1.87. The lowest BCUT2D eigenvalue weighted by molar-refractivity contribution is 0.393. The summed E-state index contributed by atoms with van der Waals surface area (Å²) in [6.45, 7) is 0. The van der Waals surface area contributed by atoms with Gasteiger partial charge < -0.3 is 0 Å². The summed E-state index contributed by atoms with van der Waals surface area (Å²) in [7, 11) is 0. The summed E-state index contributed by atoms with van der Waals surface area (Å²) >= 11 is 0. The van der Waals surface area contributed by atoms with Crippen LogP contribution >= 0.6 is 0 Å². The van der Waals surface area contributed by atoms with Crippen molar-refractivity contribution in [1.29, 1.82) is 0 Å². The molecule has 1 aromatic carbocycles. The summed E-state index contributed by atoms with van der Waals surface area (Å²) in [5.41, 5.74) is 1.26. The Labute approximate surface area is 151 Å². The molecule has 0 bridgehead atoms. The van der Waals surface area contributed by atoms with Gasteiger partial charge in [0, 0.05) is 18.0 Å². The van der Waals surface area contributed by atoms with Crippen molar-refractivity contribution >= 4 is 0 Å². The molecule has 3 aromatic rings. The number of hydrogen-bond acceptors (Lipinski definition) is 3. The van der Waals surface area contributed by atoms with Crippen LogP contribution in [-0.4, -0.2) is 19.3 Å². The fourth-order valence-corrected chi connectivity index (χ4v) is 3.63. The molecule has 0 spiro atoms. The first kappa shape index (κ1) is 16.7. The molecule has 0 amide bonds. The number of hydrogen-bond donors (Lipinski definition) is 0. The number of benzene rings is 1. The summed E-state index contributed by atoms with van der Waals surface area (Å²) < 4.78 is 16.5. The highest BCUT2D eigenvalue weighted by Crippen LogP contribution is 2.27. The van der Waals surface area contributed by atoms with Gasteiger partial charge in [-0.3, -0.25) is 4.98 Å². The van der Waals surface area contributed by atoms with Crippen LogP contribution in [0.4, 0.5) is 4.39 Å². The summed E-state index contributed by atoms with van der Waals surface area (Å²) in [4.78, 5) is 17.3. The Kier molecular flexibility index (Phi) is 4.65. The predicted molar refractivity (Wildman–Crippen MR) is 97.8 cm³/mol. The molecular weight excluding hydrogens is 331 g/mol. The fraction of sp³-hybridized carbons (Fsp3) is 0.350. The van der Waals surface area contributed by atoms with Gasteiger partial charge in [0.25, 0.3) is 0 Å². The molecule has 1 fully saturated rings. The van der Waals surface area contributed by atoms with Crippen molar-refractivity contribution in [3.05, 3.63) is 65.1 Å². The second-order valence-electron chi connectivity index (χ2n) is 6.74. The lowest BCUT2D eigenvalue weighted by Crippen LogP contribution is -2.27. The Morgan fingerprint density at radius 2 is 1.58 bits per heavy atom. The molecule has 0 N–H and O–H groups in total. The van der Waals surface area contributed by atoms with E-state index in [9.17, 15) is 9.18 Å². The minimum atomic E-state index is -0.330. The highest BCUT2D eigenvalue weighted by Gasteiger charge is 2.23. The molecule has 0 aliphatic heterocycles. The second-order valence-corrected chi connectivity index (χ2v) is 6.74. The van der Waals surface area contributed by atoms with E-state index < -0.39 is 0 Å². The lowest BCUT2D eigenvalue weighted by atomic mass is 10.1. The number of rotatable bonds is 3. The van der Waals surface area contributed by atoms with E-state index in [1.165, 1.54) is 25.0 Å². The van der Waals surface area contributed by atoms with Crippen molar-refractivity contribution in [1.82, 2.24) is 19.3 Å². The van der Waals surface area contributed by atoms with Crippen LogP contribution in [0.5, 0.6) is 0 Å².